The quantitative estimate of drug-likeness (QED) is 0.786. The summed E-state index contributed by atoms with van der Waals surface area (Å²) in [5, 5.41) is 12.3. The van der Waals surface area contributed by atoms with Crippen LogP contribution in [0, 0.1) is 0 Å². The Kier molecular flexibility index (Phi) is 4.26. The third-order valence-corrected chi connectivity index (χ3v) is 4.34. The van der Waals surface area contributed by atoms with Gasteiger partial charge in [-0.2, -0.15) is 0 Å². The van der Waals surface area contributed by atoms with E-state index in [1.54, 1.807) is 48.5 Å². The Morgan fingerprint density at radius 3 is 2.35 bits per heavy atom. The minimum absolute atomic E-state index is 0.201. The van der Waals surface area contributed by atoms with Gasteiger partial charge in [0.25, 0.3) is 0 Å². The molecule has 0 radical (unpaired) electrons. The van der Waals surface area contributed by atoms with E-state index in [1.165, 1.54) is 7.05 Å². The fourth-order valence-corrected chi connectivity index (χ4v) is 2.68. The molecule has 0 spiro atoms. The number of hydrogen-bond acceptors (Lipinski definition) is 4. The van der Waals surface area contributed by atoms with Gasteiger partial charge in [0.15, 0.2) is 0 Å². The van der Waals surface area contributed by atoms with Crippen LogP contribution in [0.1, 0.15) is 5.56 Å². The number of phenolic OH excluding ortho intramolecular Hbond substituents is 1. The summed E-state index contributed by atoms with van der Waals surface area (Å²) >= 11 is 0. The Hall–Kier alpha value is -2.05. The molecule has 5 nitrogen and oxygen atoms in total. The molecular weight excluding hydrogens is 276 g/mol. The molecule has 2 rings (SSSR count). The van der Waals surface area contributed by atoms with Gasteiger partial charge < -0.3 is 10.4 Å². The lowest BCUT2D eigenvalue weighted by Gasteiger charge is -2.12. The summed E-state index contributed by atoms with van der Waals surface area (Å²) in [7, 11) is -2.11. The van der Waals surface area contributed by atoms with Crippen molar-refractivity contribution in [1.29, 1.82) is 0 Å². The van der Waals surface area contributed by atoms with Crippen molar-refractivity contribution >= 4 is 15.7 Å². The van der Waals surface area contributed by atoms with Crippen LogP contribution in [-0.4, -0.2) is 20.6 Å². The van der Waals surface area contributed by atoms with E-state index in [4.69, 9.17) is 0 Å². The summed E-state index contributed by atoms with van der Waals surface area (Å²) in [5.74, 6) is 0.201. The van der Waals surface area contributed by atoms with Gasteiger partial charge in [0.1, 0.15) is 10.6 Å². The first-order chi connectivity index (χ1) is 9.53. The number of para-hydroxylation sites is 1. The molecule has 0 aliphatic rings. The average molecular weight is 292 g/mol. The summed E-state index contributed by atoms with van der Waals surface area (Å²) in [5.41, 5.74) is 1.48. The number of benzene rings is 2. The first-order valence-corrected chi connectivity index (χ1v) is 7.55. The van der Waals surface area contributed by atoms with Crippen LogP contribution in [-0.2, 0) is 16.6 Å². The Morgan fingerprint density at radius 2 is 1.70 bits per heavy atom. The highest BCUT2D eigenvalue weighted by Crippen LogP contribution is 2.21. The van der Waals surface area contributed by atoms with Crippen LogP contribution in [0.3, 0.4) is 0 Å². The zero-order valence-corrected chi connectivity index (χ0v) is 11.8. The van der Waals surface area contributed by atoms with E-state index in [2.05, 4.69) is 10.0 Å². The fraction of sp³-hybridized carbons (Fsp3) is 0.143. The number of sulfonamides is 1. The summed E-state index contributed by atoms with van der Waals surface area (Å²) in [6, 6.07) is 13.4. The number of aromatic hydroxyl groups is 1. The number of phenols is 1. The number of hydrogen-bond donors (Lipinski definition) is 3. The normalized spacial score (nSPS) is 11.2. The Labute approximate surface area is 118 Å². The van der Waals surface area contributed by atoms with E-state index in [0.29, 0.717) is 12.2 Å². The molecule has 0 atom stereocenters. The van der Waals surface area contributed by atoms with Crippen LogP contribution in [0.5, 0.6) is 5.75 Å². The predicted molar refractivity (Wildman–Crippen MR) is 78.1 cm³/mol. The van der Waals surface area contributed by atoms with Gasteiger partial charge in [0, 0.05) is 6.54 Å². The maximum atomic E-state index is 11.9. The molecule has 20 heavy (non-hydrogen) atoms. The monoisotopic (exact) mass is 292 g/mol. The second-order valence-electron chi connectivity index (χ2n) is 4.22. The van der Waals surface area contributed by atoms with E-state index >= 15 is 0 Å². The Bertz CT molecular complexity index is 682. The summed E-state index contributed by atoms with van der Waals surface area (Å²) < 4.78 is 26.1. The molecule has 6 heteroatoms. The Balaban J connectivity index is 2.20. The fourth-order valence-electron chi connectivity index (χ4n) is 1.77. The number of anilines is 1. The molecule has 0 saturated carbocycles. The van der Waals surface area contributed by atoms with Crippen molar-refractivity contribution in [2.24, 2.45) is 0 Å². The molecular formula is C14H16N2O3S. The van der Waals surface area contributed by atoms with Crippen molar-refractivity contribution in [3.63, 3.8) is 0 Å². The summed E-state index contributed by atoms with van der Waals surface area (Å²) in [6.07, 6.45) is 0. The standard InChI is InChI=1S/C14H16N2O3S/c1-15-20(18,19)14-5-3-2-4-13(14)16-10-11-6-8-12(17)9-7-11/h2-9,15-17H,10H2,1H3. The highest BCUT2D eigenvalue weighted by Gasteiger charge is 2.15. The van der Waals surface area contributed by atoms with Crippen LogP contribution >= 0.6 is 0 Å². The van der Waals surface area contributed by atoms with Crippen molar-refractivity contribution < 1.29 is 13.5 Å². The highest BCUT2D eigenvalue weighted by molar-refractivity contribution is 7.89. The lowest BCUT2D eigenvalue weighted by molar-refractivity contribution is 0.475. The topological polar surface area (TPSA) is 78.4 Å². The molecule has 0 aliphatic carbocycles. The molecule has 0 aromatic heterocycles. The second-order valence-corrected chi connectivity index (χ2v) is 6.08. The zero-order chi connectivity index (χ0) is 14.6. The first-order valence-electron chi connectivity index (χ1n) is 6.07. The third-order valence-electron chi connectivity index (χ3n) is 2.86. The van der Waals surface area contributed by atoms with Gasteiger partial charge in [-0.1, -0.05) is 24.3 Å². The molecule has 0 fully saturated rings. The van der Waals surface area contributed by atoms with Crippen LogP contribution in [0.4, 0.5) is 5.69 Å². The van der Waals surface area contributed by atoms with E-state index in [-0.39, 0.29) is 10.6 Å². The van der Waals surface area contributed by atoms with Gasteiger partial charge >= 0.3 is 0 Å². The molecule has 2 aromatic carbocycles. The van der Waals surface area contributed by atoms with Crippen LogP contribution < -0.4 is 10.0 Å². The maximum Gasteiger partial charge on any atom is 0.242 e. The molecule has 0 amide bonds. The minimum atomic E-state index is -3.49. The molecule has 3 N–H and O–H groups in total. The minimum Gasteiger partial charge on any atom is -0.508 e. The number of rotatable bonds is 5. The second kappa shape index (κ2) is 5.94. The van der Waals surface area contributed by atoms with Gasteiger partial charge in [0.05, 0.1) is 5.69 Å². The lowest BCUT2D eigenvalue weighted by atomic mass is 10.2. The van der Waals surface area contributed by atoms with Gasteiger partial charge in [0.2, 0.25) is 10.0 Å². The molecule has 2 aromatic rings. The van der Waals surface area contributed by atoms with Gasteiger partial charge in [-0.3, -0.25) is 0 Å². The van der Waals surface area contributed by atoms with Crippen molar-refractivity contribution in [2.45, 2.75) is 11.4 Å². The largest absolute Gasteiger partial charge is 0.508 e. The predicted octanol–water partition coefficient (Wildman–Crippen LogP) is 1.91. The first kappa shape index (κ1) is 14.4. The van der Waals surface area contributed by atoms with Crippen LogP contribution in [0.2, 0.25) is 0 Å². The van der Waals surface area contributed by atoms with Crippen LogP contribution in [0.25, 0.3) is 0 Å². The van der Waals surface area contributed by atoms with E-state index < -0.39 is 10.0 Å². The van der Waals surface area contributed by atoms with E-state index in [9.17, 15) is 13.5 Å². The van der Waals surface area contributed by atoms with E-state index in [1.807, 2.05) is 0 Å². The smallest absolute Gasteiger partial charge is 0.242 e. The molecule has 0 aliphatic heterocycles. The maximum absolute atomic E-state index is 11.9. The van der Waals surface area contributed by atoms with Crippen molar-refractivity contribution in [1.82, 2.24) is 4.72 Å². The van der Waals surface area contributed by atoms with E-state index in [0.717, 1.165) is 5.56 Å². The van der Waals surface area contributed by atoms with Crippen molar-refractivity contribution in [2.75, 3.05) is 12.4 Å². The number of nitrogens with one attached hydrogen (secondary N) is 2. The van der Waals surface area contributed by atoms with Crippen molar-refractivity contribution in [3.05, 3.63) is 54.1 Å². The van der Waals surface area contributed by atoms with Gasteiger partial charge in [-0.05, 0) is 36.9 Å². The Morgan fingerprint density at radius 1 is 1.05 bits per heavy atom. The third kappa shape index (κ3) is 3.28. The zero-order valence-electron chi connectivity index (χ0n) is 11.0. The van der Waals surface area contributed by atoms with Gasteiger partial charge in [-0.25, -0.2) is 13.1 Å². The molecule has 0 unspecified atom stereocenters. The molecule has 0 heterocycles. The molecule has 0 bridgehead atoms. The van der Waals surface area contributed by atoms with Crippen LogP contribution in [0.15, 0.2) is 53.4 Å². The summed E-state index contributed by atoms with van der Waals surface area (Å²) in [4.78, 5) is 0.210. The average Bonchev–Trinajstić information content (AvgIpc) is 2.47. The van der Waals surface area contributed by atoms with Crippen molar-refractivity contribution in [3.8, 4) is 5.75 Å². The molecule has 0 saturated heterocycles. The summed E-state index contributed by atoms with van der Waals surface area (Å²) in [6.45, 7) is 0.469. The van der Waals surface area contributed by atoms with Gasteiger partial charge in [-0.15, -0.1) is 0 Å². The highest BCUT2D eigenvalue weighted by atomic mass is 32.2. The molecule has 106 valence electrons. The SMILES string of the molecule is CNS(=O)(=O)c1ccccc1NCc1ccc(O)cc1. The lowest BCUT2D eigenvalue weighted by Crippen LogP contribution is -2.20.